The number of halogens is 3. The quantitative estimate of drug-likeness (QED) is 0.836. The van der Waals surface area contributed by atoms with Gasteiger partial charge in [0, 0.05) is 16.3 Å². The van der Waals surface area contributed by atoms with E-state index >= 15 is 0 Å². The van der Waals surface area contributed by atoms with Crippen LogP contribution in [0.3, 0.4) is 0 Å². The number of thiophene rings is 1. The Morgan fingerprint density at radius 3 is 2.72 bits per heavy atom. The van der Waals surface area contributed by atoms with Crippen molar-refractivity contribution in [3.63, 3.8) is 0 Å². The first-order chi connectivity index (χ1) is 8.47. The molecule has 18 heavy (non-hydrogen) atoms. The molecule has 1 atom stereocenters. The standard InChI is InChI=1S/C13H11BrClFOS/c1-7-4-12(18-13(7)14)11(17)5-8-2-3-9(15)6-10(8)16/h2-4,6,11,17H,5H2,1H3. The second kappa shape index (κ2) is 5.70. The minimum absolute atomic E-state index is 0.245. The average molecular weight is 350 g/mol. The number of hydrogen-bond acceptors (Lipinski definition) is 2. The number of aliphatic hydroxyl groups excluding tert-OH is 1. The van der Waals surface area contributed by atoms with Crippen molar-refractivity contribution in [3.05, 3.63) is 54.9 Å². The van der Waals surface area contributed by atoms with Gasteiger partial charge in [-0.25, -0.2) is 4.39 Å². The Morgan fingerprint density at radius 2 is 2.17 bits per heavy atom. The fraction of sp³-hybridized carbons (Fsp3) is 0.231. The topological polar surface area (TPSA) is 20.2 Å². The van der Waals surface area contributed by atoms with Gasteiger partial charge in [-0.15, -0.1) is 11.3 Å². The number of aliphatic hydroxyl groups is 1. The molecule has 1 aromatic heterocycles. The SMILES string of the molecule is Cc1cc(C(O)Cc2ccc(Cl)cc2F)sc1Br. The Kier molecular flexibility index (Phi) is 4.43. The minimum Gasteiger partial charge on any atom is -0.387 e. The van der Waals surface area contributed by atoms with Crippen LogP contribution in [0.2, 0.25) is 5.02 Å². The Morgan fingerprint density at radius 1 is 1.44 bits per heavy atom. The normalized spacial score (nSPS) is 12.7. The van der Waals surface area contributed by atoms with Crippen LogP contribution < -0.4 is 0 Å². The molecular weight excluding hydrogens is 339 g/mol. The van der Waals surface area contributed by atoms with Crippen molar-refractivity contribution in [2.75, 3.05) is 0 Å². The highest BCUT2D eigenvalue weighted by Crippen LogP contribution is 2.33. The van der Waals surface area contributed by atoms with Crippen molar-refractivity contribution < 1.29 is 9.50 Å². The zero-order valence-electron chi connectivity index (χ0n) is 9.58. The molecule has 0 aliphatic rings. The fourth-order valence-corrected chi connectivity index (χ4v) is 3.36. The average Bonchev–Trinajstić information content (AvgIpc) is 2.63. The maximum atomic E-state index is 13.6. The van der Waals surface area contributed by atoms with E-state index < -0.39 is 6.10 Å². The minimum atomic E-state index is -0.698. The van der Waals surface area contributed by atoms with E-state index in [0.717, 1.165) is 14.2 Å². The smallest absolute Gasteiger partial charge is 0.127 e. The van der Waals surface area contributed by atoms with Crippen molar-refractivity contribution >= 4 is 38.9 Å². The van der Waals surface area contributed by atoms with Crippen LogP contribution in [0.4, 0.5) is 4.39 Å². The molecule has 2 rings (SSSR count). The van der Waals surface area contributed by atoms with E-state index in [9.17, 15) is 9.50 Å². The lowest BCUT2D eigenvalue weighted by Crippen LogP contribution is -2.01. The van der Waals surface area contributed by atoms with Crippen molar-refractivity contribution in [1.29, 1.82) is 0 Å². The number of rotatable bonds is 3. The summed E-state index contributed by atoms with van der Waals surface area (Å²) in [6.07, 6.45) is -0.453. The molecule has 2 aromatic rings. The summed E-state index contributed by atoms with van der Waals surface area (Å²) >= 11 is 10.6. The van der Waals surface area contributed by atoms with Crippen molar-refractivity contribution in [3.8, 4) is 0 Å². The molecule has 1 heterocycles. The van der Waals surface area contributed by atoms with Gasteiger partial charge in [-0.05, 0) is 52.2 Å². The van der Waals surface area contributed by atoms with Gasteiger partial charge in [0.05, 0.1) is 9.89 Å². The molecule has 0 aliphatic carbocycles. The van der Waals surface area contributed by atoms with Gasteiger partial charge in [0.25, 0.3) is 0 Å². The van der Waals surface area contributed by atoms with Crippen molar-refractivity contribution in [1.82, 2.24) is 0 Å². The van der Waals surface area contributed by atoms with Crippen LogP contribution in [-0.4, -0.2) is 5.11 Å². The lowest BCUT2D eigenvalue weighted by molar-refractivity contribution is 0.181. The molecule has 0 saturated heterocycles. The fourth-order valence-electron chi connectivity index (χ4n) is 1.64. The molecule has 0 radical (unpaired) electrons. The molecular formula is C13H11BrClFOS. The second-order valence-corrected chi connectivity index (χ2v) is 6.90. The largest absolute Gasteiger partial charge is 0.387 e. The molecule has 1 nitrogen and oxygen atoms in total. The number of hydrogen-bond donors (Lipinski definition) is 1. The van der Waals surface area contributed by atoms with Gasteiger partial charge in [-0.2, -0.15) is 0 Å². The summed E-state index contributed by atoms with van der Waals surface area (Å²) in [5, 5.41) is 10.5. The molecule has 0 spiro atoms. The van der Waals surface area contributed by atoms with E-state index in [1.807, 2.05) is 13.0 Å². The highest BCUT2D eigenvalue weighted by Gasteiger charge is 2.15. The maximum Gasteiger partial charge on any atom is 0.127 e. The van der Waals surface area contributed by atoms with Gasteiger partial charge in [0.15, 0.2) is 0 Å². The predicted molar refractivity (Wildman–Crippen MR) is 76.8 cm³/mol. The Hall–Kier alpha value is -0.420. The molecule has 1 unspecified atom stereocenters. The van der Waals surface area contributed by atoms with Gasteiger partial charge in [0.2, 0.25) is 0 Å². The lowest BCUT2D eigenvalue weighted by Gasteiger charge is -2.09. The monoisotopic (exact) mass is 348 g/mol. The predicted octanol–water partition coefficient (Wildman–Crippen LogP) is 4.89. The van der Waals surface area contributed by atoms with Gasteiger partial charge >= 0.3 is 0 Å². The van der Waals surface area contributed by atoms with Crippen LogP contribution in [0.1, 0.15) is 22.1 Å². The molecule has 96 valence electrons. The zero-order chi connectivity index (χ0) is 13.3. The highest BCUT2D eigenvalue weighted by atomic mass is 79.9. The van der Waals surface area contributed by atoms with Gasteiger partial charge in [-0.3, -0.25) is 0 Å². The Labute approximate surface area is 122 Å². The first-order valence-corrected chi connectivity index (χ1v) is 7.34. The molecule has 0 aliphatic heterocycles. The third-order valence-corrected chi connectivity index (χ3v) is 5.11. The van der Waals surface area contributed by atoms with Gasteiger partial charge < -0.3 is 5.11 Å². The molecule has 5 heteroatoms. The summed E-state index contributed by atoms with van der Waals surface area (Å²) in [6.45, 7) is 1.96. The Balaban J connectivity index is 2.18. The van der Waals surface area contributed by atoms with Crippen LogP contribution in [0.25, 0.3) is 0 Å². The van der Waals surface area contributed by atoms with E-state index in [2.05, 4.69) is 15.9 Å². The molecule has 1 N–H and O–H groups in total. The summed E-state index contributed by atoms with van der Waals surface area (Å²) in [5.41, 5.74) is 1.54. The van der Waals surface area contributed by atoms with Crippen LogP contribution >= 0.6 is 38.9 Å². The Bertz CT molecular complexity index is 551. The molecule has 0 bridgehead atoms. The molecule has 0 saturated carbocycles. The zero-order valence-corrected chi connectivity index (χ0v) is 12.7. The maximum absolute atomic E-state index is 13.6. The third-order valence-electron chi connectivity index (χ3n) is 2.63. The summed E-state index contributed by atoms with van der Waals surface area (Å²) in [6, 6.07) is 6.41. The summed E-state index contributed by atoms with van der Waals surface area (Å²) in [5.74, 6) is -0.381. The van der Waals surface area contributed by atoms with Crippen molar-refractivity contribution in [2.45, 2.75) is 19.4 Å². The number of benzene rings is 1. The molecule has 0 amide bonds. The van der Waals surface area contributed by atoms with Crippen LogP contribution in [-0.2, 0) is 6.42 Å². The molecule has 0 fully saturated rings. The van der Waals surface area contributed by atoms with Crippen LogP contribution in [0.5, 0.6) is 0 Å². The van der Waals surface area contributed by atoms with Crippen LogP contribution in [0.15, 0.2) is 28.1 Å². The van der Waals surface area contributed by atoms with Gasteiger partial charge in [-0.1, -0.05) is 17.7 Å². The van der Waals surface area contributed by atoms with Gasteiger partial charge in [0.1, 0.15) is 5.82 Å². The van der Waals surface area contributed by atoms with Crippen LogP contribution in [0, 0.1) is 12.7 Å². The lowest BCUT2D eigenvalue weighted by atomic mass is 10.1. The second-order valence-electron chi connectivity index (χ2n) is 4.06. The number of aryl methyl sites for hydroxylation is 1. The van der Waals surface area contributed by atoms with E-state index in [4.69, 9.17) is 11.6 Å². The molecule has 1 aromatic carbocycles. The summed E-state index contributed by atoms with van der Waals surface area (Å²) < 4.78 is 14.6. The first kappa shape index (κ1) is 14.0. The van der Waals surface area contributed by atoms with E-state index in [1.54, 1.807) is 12.1 Å². The summed E-state index contributed by atoms with van der Waals surface area (Å²) in [7, 11) is 0. The highest BCUT2D eigenvalue weighted by molar-refractivity contribution is 9.11. The first-order valence-electron chi connectivity index (χ1n) is 5.35. The summed E-state index contributed by atoms with van der Waals surface area (Å²) in [4.78, 5) is 0.828. The van der Waals surface area contributed by atoms with E-state index in [0.29, 0.717) is 10.6 Å². The van der Waals surface area contributed by atoms with Crippen molar-refractivity contribution in [2.24, 2.45) is 0 Å². The third kappa shape index (κ3) is 3.12. The van der Waals surface area contributed by atoms with E-state index in [1.165, 1.54) is 17.4 Å². The van der Waals surface area contributed by atoms with E-state index in [-0.39, 0.29) is 12.2 Å².